The number of anilines is 1. The summed E-state index contributed by atoms with van der Waals surface area (Å²) in [5.41, 5.74) is 0.752. The van der Waals surface area contributed by atoms with Gasteiger partial charge >= 0.3 is 0 Å². The van der Waals surface area contributed by atoms with E-state index < -0.39 is 5.82 Å². The van der Waals surface area contributed by atoms with Gasteiger partial charge in [-0.25, -0.2) is 4.39 Å². The fourth-order valence-corrected chi connectivity index (χ4v) is 2.08. The highest BCUT2D eigenvalue weighted by Gasteiger charge is 2.15. The maximum Gasteiger partial charge on any atom is 0.128 e. The van der Waals surface area contributed by atoms with Crippen LogP contribution in [0.25, 0.3) is 0 Å². The van der Waals surface area contributed by atoms with Crippen molar-refractivity contribution in [3.63, 3.8) is 0 Å². The van der Waals surface area contributed by atoms with E-state index in [0.29, 0.717) is 0 Å². The summed E-state index contributed by atoms with van der Waals surface area (Å²) in [7, 11) is 0. The number of halogens is 2. The lowest BCUT2D eigenvalue weighted by Crippen LogP contribution is -2.44. The second-order valence-electron chi connectivity index (χ2n) is 4.17. The maximum absolute atomic E-state index is 13.2. The molecule has 0 amide bonds. The molecule has 5 heteroatoms. The average Bonchev–Trinajstić information content (AvgIpc) is 2.29. The van der Waals surface area contributed by atoms with Crippen molar-refractivity contribution in [1.29, 1.82) is 0 Å². The van der Waals surface area contributed by atoms with Gasteiger partial charge in [-0.15, -0.1) is 12.4 Å². The summed E-state index contributed by atoms with van der Waals surface area (Å²) in [6.07, 6.45) is 4.09. The van der Waals surface area contributed by atoms with Crippen molar-refractivity contribution in [1.82, 2.24) is 4.90 Å². The van der Waals surface area contributed by atoms with Gasteiger partial charge in [0.2, 0.25) is 0 Å². The Morgan fingerprint density at radius 2 is 1.83 bits per heavy atom. The van der Waals surface area contributed by atoms with E-state index in [-0.39, 0.29) is 18.2 Å². The van der Waals surface area contributed by atoms with Gasteiger partial charge in [0.15, 0.2) is 0 Å². The van der Waals surface area contributed by atoms with Crippen LogP contribution in [0, 0.1) is 5.82 Å². The highest BCUT2D eigenvalue weighted by Crippen LogP contribution is 2.23. The lowest BCUT2D eigenvalue weighted by molar-refractivity contribution is 0.348. The van der Waals surface area contributed by atoms with E-state index in [1.807, 2.05) is 13.0 Å². The number of allylic oxidation sites excluding steroid dienone is 1. The van der Waals surface area contributed by atoms with Crippen molar-refractivity contribution in [3.05, 3.63) is 36.3 Å². The third-order valence-electron chi connectivity index (χ3n) is 2.91. The first-order valence-electron chi connectivity index (χ1n) is 5.80. The van der Waals surface area contributed by atoms with Crippen molar-refractivity contribution in [2.24, 2.45) is 0 Å². The number of phenolic OH excluding ortho intramolecular Hbond substituents is 1. The molecule has 1 heterocycles. The molecular weight excluding hydrogens is 255 g/mol. The second kappa shape index (κ2) is 6.50. The summed E-state index contributed by atoms with van der Waals surface area (Å²) < 4.78 is 13.2. The maximum atomic E-state index is 13.2. The summed E-state index contributed by atoms with van der Waals surface area (Å²) in [6, 6.07) is 4.19. The van der Waals surface area contributed by atoms with Gasteiger partial charge in [0.05, 0.1) is 0 Å². The summed E-state index contributed by atoms with van der Waals surface area (Å²) in [4.78, 5) is 4.32. The highest BCUT2D eigenvalue weighted by atomic mass is 35.5. The molecule has 1 aliphatic heterocycles. The van der Waals surface area contributed by atoms with Crippen LogP contribution in [0.1, 0.15) is 6.92 Å². The first-order chi connectivity index (χ1) is 8.19. The topological polar surface area (TPSA) is 26.7 Å². The standard InChI is InChI=1S/C13H17FN2O.ClH/c1-2-3-15-4-6-16(7-5-15)12-8-11(14)9-13(17)10-12;/h2-3,8-10,17H,4-7H2,1H3;1H/b3-2+;. The molecule has 0 radical (unpaired) electrons. The predicted molar refractivity (Wildman–Crippen MR) is 73.9 cm³/mol. The molecule has 0 saturated carbocycles. The van der Waals surface area contributed by atoms with Gasteiger partial charge in [-0.1, -0.05) is 6.08 Å². The van der Waals surface area contributed by atoms with Crippen molar-refractivity contribution < 1.29 is 9.50 Å². The van der Waals surface area contributed by atoms with Crippen molar-refractivity contribution in [2.75, 3.05) is 31.1 Å². The summed E-state index contributed by atoms with van der Waals surface area (Å²) in [6.45, 7) is 5.51. The van der Waals surface area contributed by atoms with Crippen LogP contribution in [0.15, 0.2) is 30.5 Å². The van der Waals surface area contributed by atoms with E-state index in [1.165, 1.54) is 6.07 Å². The molecule has 0 aromatic heterocycles. The smallest absolute Gasteiger partial charge is 0.128 e. The molecule has 0 atom stereocenters. The first kappa shape index (κ1) is 14.6. The van der Waals surface area contributed by atoms with E-state index in [1.54, 1.807) is 6.07 Å². The van der Waals surface area contributed by atoms with E-state index in [2.05, 4.69) is 16.0 Å². The van der Waals surface area contributed by atoms with Crippen LogP contribution in [0.5, 0.6) is 5.75 Å². The third-order valence-corrected chi connectivity index (χ3v) is 2.91. The molecule has 18 heavy (non-hydrogen) atoms. The van der Waals surface area contributed by atoms with Gasteiger partial charge < -0.3 is 14.9 Å². The molecule has 1 aromatic carbocycles. The molecule has 0 spiro atoms. The third kappa shape index (κ3) is 3.53. The minimum atomic E-state index is -0.393. The quantitative estimate of drug-likeness (QED) is 0.897. The van der Waals surface area contributed by atoms with Gasteiger partial charge in [0.25, 0.3) is 0 Å². The van der Waals surface area contributed by atoms with E-state index in [4.69, 9.17) is 0 Å². The minimum Gasteiger partial charge on any atom is -0.508 e. The summed E-state index contributed by atoms with van der Waals surface area (Å²) >= 11 is 0. The zero-order valence-corrected chi connectivity index (χ0v) is 11.2. The Hall–Kier alpha value is -1.42. The first-order valence-corrected chi connectivity index (χ1v) is 5.80. The SMILES string of the molecule is C/C=C/N1CCN(c2cc(O)cc(F)c2)CC1.Cl. The number of aromatic hydroxyl groups is 1. The molecule has 2 rings (SSSR count). The van der Waals surface area contributed by atoms with Gasteiger partial charge in [0.1, 0.15) is 11.6 Å². The summed E-state index contributed by atoms with van der Waals surface area (Å²) in [5.74, 6) is -0.410. The van der Waals surface area contributed by atoms with Gasteiger partial charge in [-0.3, -0.25) is 0 Å². The minimum absolute atomic E-state index is 0. The fraction of sp³-hybridized carbons (Fsp3) is 0.385. The van der Waals surface area contributed by atoms with Gasteiger partial charge in [-0.2, -0.15) is 0 Å². The zero-order valence-electron chi connectivity index (χ0n) is 10.3. The van der Waals surface area contributed by atoms with E-state index in [0.717, 1.165) is 37.9 Å². The fourth-order valence-electron chi connectivity index (χ4n) is 2.08. The molecule has 3 nitrogen and oxygen atoms in total. The molecule has 0 unspecified atom stereocenters. The zero-order chi connectivity index (χ0) is 12.3. The highest BCUT2D eigenvalue weighted by molar-refractivity contribution is 5.85. The largest absolute Gasteiger partial charge is 0.508 e. The Morgan fingerprint density at radius 1 is 1.17 bits per heavy atom. The molecule has 0 bridgehead atoms. The van der Waals surface area contributed by atoms with Crippen LogP contribution < -0.4 is 4.90 Å². The van der Waals surface area contributed by atoms with Crippen molar-refractivity contribution in [3.8, 4) is 5.75 Å². The van der Waals surface area contributed by atoms with Crippen LogP contribution in [-0.2, 0) is 0 Å². The second-order valence-corrected chi connectivity index (χ2v) is 4.17. The number of phenols is 1. The van der Waals surface area contributed by atoms with Gasteiger partial charge in [-0.05, 0) is 19.2 Å². The normalized spacial score (nSPS) is 15.9. The monoisotopic (exact) mass is 272 g/mol. The molecule has 1 saturated heterocycles. The number of nitrogens with zero attached hydrogens (tertiary/aromatic N) is 2. The van der Waals surface area contributed by atoms with Crippen LogP contribution in [0.2, 0.25) is 0 Å². The molecule has 1 aliphatic rings. The van der Waals surface area contributed by atoms with E-state index >= 15 is 0 Å². The Bertz CT molecular complexity index is 397. The van der Waals surface area contributed by atoms with Crippen LogP contribution >= 0.6 is 12.4 Å². The molecular formula is C13H18ClFN2O. The molecule has 0 aliphatic carbocycles. The van der Waals surface area contributed by atoms with Crippen molar-refractivity contribution >= 4 is 18.1 Å². The number of rotatable bonds is 2. The average molecular weight is 273 g/mol. The Morgan fingerprint density at radius 3 is 2.39 bits per heavy atom. The number of hydrogen-bond donors (Lipinski definition) is 1. The van der Waals surface area contributed by atoms with Crippen LogP contribution in [0.4, 0.5) is 10.1 Å². The molecule has 1 N–H and O–H groups in total. The molecule has 100 valence electrons. The number of hydrogen-bond acceptors (Lipinski definition) is 3. The molecule has 1 fully saturated rings. The van der Waals surface area contributed by atoms with Gasteiger partial charge in [0, 0.05) is 44.0 Å². The van der Waals surface area contributed by atoms with E-state index in [9.17, 15) is 9.50 Å². The lowest BCUT2D eigenvalue weighted by atomic mass is 10.2. The van der Waals surface area contributed by atoms with Crippen LogP contribution in [0.3, 0.4) is 0 Å². The predicted octanol–water partition coefficient (Wildman–Crippen LogP) is 2.61. The Balaban J connectivity index is 0.00000162. The Labute approximate surface area is 113 Å². The summed E-state index contributed by atoms with van der Waals surface area (Å²) in [5, 5.41) is 9.37. The van der Waals surface area contributed by atoms with Crippen LogP contribution in [-0.4, -0.2) is 36.2 Å². The lowest BCUT2D eigenvalue weighted by Gasteiger charge is -2.35. The molecule has 1 aromatic rings. The number of piperazine rings is 1. The Kier molecular flexibility index (Phi) is 5.28. The number of benzene rings is 1. The van der Waals surface area contributed by atoms with Crippen molar-refractivity contribution in [2.45, 2.75) is 6.92 Å².